The lowest BCUT2D eigenvalue weighted by atomic mass is 10.0. The summed E-state index contributed by atoms with van der Waals surface area (Å²) in [5, 5.41) is 3.51. The van der Waals surface area contributed by atoms with Crippen molar-refractivity contribution >= 4 is 15.9 Å². The number of piperidine rings is 1. The Morgan fingerprint density at radius 3 is 3.06 bits per heavy atom. The Labute approximate surface area is 110 Å². The van der Waals surface area contributed by atoms with Gasteiger partial charge in [0.05, 0.1) is 4.47 Å². The summed E-state index contributed by atoms with van der Waals surface area (Å²) >= 11 is 3.31. The van der Waals surface area contributed by atoms with Gasteiger partial charge in [0.2, 0.25) is 0 Å². The van der Waals surface area contributed by atoms with Gasteiger partial charge in [0, 0.05) is 18.8 Å². The number of hydrogen-bond acceptors (Lipinski definition) is 2. The average molecular weight is 299 g/mol. The van der Waals surface area contributed by atoms with E-state index in [0.717, 1.165) is 25.1 Å². The summed E-state index contributed by atoms with van der Waals surface area (Å²) in [5.74, 6) is 0. The molecule has 0 aliphatic carbocycles. The SMILES string of the molecule is Cc1cc(Br)c(=O)n(CCC2CCCCN2)c1. The van der Waals surface area contributed by atoms with Crippen molar-refractivity contribution in [3.8, 4) is 0 Å². The molecule has 0 radical (unpaired) electrons. The predicted octanol–water partition coefficient (Wildman–Crippen LogP) is 2.45. The average Bonchev–Trinajstić information content (AvgIpc) is 2.33. The predicted molar refractivity (Wildman–Crippen MR) is 73.4 cm³/mol. The van der Waals surface area contributed by atoms with Crippen LogP contribution >= 0.6 is 15.9 Å². The zero-order chi connectivity index (χ0) is 12.3. The number of nitrogens with one attached hydrogen (secondary N) is 1. The Bertz CT molecular complexity index is 436. The van der Waals surface area contributed by atoms with Crippen molar-refractivity contribution in [2.24, 2.45) is 0 Å². The van der Waals surface area contributed by atoms with Crippen molar-refractivity contribution in [1.82, 2.24) is 9.88 Å². The highest BCUT2D eigenvalue weighted by Gasteiger charge is 2.12. The largest absolute Gasteiger partial charge is 0.314 e. The number of hydrogen-bond donors (Lipinski definition) is 1. The molecule has 2 heterocycles. The molecule has 2 rings (SSSR count). The Kier molecular flexibility index (Phi) is 4.40. The molecule has 0 bridgehead atoms. The number of halogens is 1. The maximum atomic E-state index is 11.9. The second-order valence-electron chi connectivity index (χ2n) is 4.80. The van der Waals surface area contributed by atoms with Crippen LogP contribution in [0.2, 0.25) is 0 Å². The topological polar surface area (TPSA) is 34.0 Å². The smallest absolute Gasteiger partial charge is 0.264 e. The van der Waals surface area contributed by atoms with Crippen molar-refractivity contribution in [2.75, 3.05) is 6.54 Å². The van der Waals surface area contributed by atoms with Gasteiger partial charge in [0.25, 0.3) is 5.56 Å². The zero-order valence-electron chi connectivity index (χ0n) is 10.2. The van der Waals surface area contributed by atoms with E-state index in [0.29, 0.717) is 10.5 Å². The Morgan fingerprint density at radius 2 is 2.35 bits per heavy atom. The second-order valence-corrected chi connectivity index (χ2v) is 5.65. The Balaban J connectivity index is 2.00. The van der Waals surface area contributed by atoms with Crippen LogP contribution in [0.25, 0.3) is 0 Å². The van der Waals surface area contributed by atoms with Crippen LogP contribution in [-0.4, -0.2) is 17.2 Å². The van der Waals surface area contributed by atoms with Crippen molar-refractivity contribution < 1.29 is 0 Å². The van der Waals surface area contributed by atoms with Crippen molar-refractivity contribution in [3.05, 3.63) is 32.7 Å². The molecule has 1 aromatic rings. The highest BCUT2D eigenvalue weighted by molar-refractivity contribution is 9.10. The molecular formula is C13H19BrN2O. The van der Waals surface area contributed by atoms with Gasteiger partial charge in [-0.15, -0.1) is 0 Å². The first-order valence-electron chi connectivity index (χ1n) is 6.27. The number of aryl methyl sites for hydroxylation is 2. The van der Waals surface area contributed by atoms with E-state index in [9.17, 15) is 4.79 Å². The summed E-state index contributed by atoms with van der Waals surface area (Å²) in [5.41, 5.74) is 1.19. The molecule has 0 saturated carbocycles. The van der Waals surface area contributed by atoms with E-state index in [-0.39, 0.29) is 5.56 Å². The molecule has 1 aromatic heterocycles. The van der Waals surface area contributed by atoms with Crippen LogP contribution in [0.3, 0.4) is 0 Å². The van der Waals surface area contributed by atoms with Gasteiger partial charge in [-0.2, -0.15) is 0 Å². The standard InChI is InChI=1S/C13H19BrN2O/c1-10-8-12(14)13(17)16(9-10)7-5-11-4-2-3-6-15-11/h8-9,11,15H,2-7H2,1H3. The van der Waals surface area contributed by atoms with E-state index in [4.69, 9.17) is 0 Å². The summed E-state index contributed by atoms with van der Waals surface area (Å²) in [6.07, 6.45) is 6.81. The number of pyridine rings is 1. The first kappa shape index (κ1) is 12.8. The van der Waals surface area contributed by atoms with Gasteiger partial charge in [-0.25, -0.2) is 0 Å². The lowest BCUT2D eigenvalue weighted by Gasteiger charge is -2.23. The molecule has 3 nitrogen and oxygen atoms in total. The summed E-state index contributed by atoms with van der Waals surface area (Å²) in [4.78, 5) is 11.9. The molecular weight excluding hydrogens is 280 g/mol. The first-order valence-corrected chi connectivity index (χ1v) is 7.06. The van der Waals surface area contributed by atoms with Crippen molar-refractivity contribution in [3.63, 3.8) is 0 Å². The van der Waals surface area contributed by atoms with Gasteiger partial charge in [-0.3, -0.25) is 4.79 Å². The van der Waals surface area contributed by atoms with E-state index < -0.39 is 0 Å². The van der Waals surface area contributed by atoms with E-state index in [2.05, 4.69) is 21.2 Å². The molecule has 1 fully saturated rings. The number of aromatic nitrogens is 1. The van der Waals surface area contributed by atoms with E-state index in [1.54, 1.807) is 0 Å². The van der Waals surface area contributed by atoms with Gasteiger partial charge < -0.3 is 9.88 Å². The summed E-state index contributed by atoms with van der Waals surface area (Å²) in [6, 6.07) is 2.45. The van der Waals surface area contributed by atoms with Gasteiger partial charge in [0.15, 0.2) is 0 Å². The Morgan fingerprint density at radius 1 is 1.53 bits per heavy atom. The minimum atomic E-state index is 0.0754. The van der Waals surface area contributed by atoms with E-state index in [1.807, 2.05) is 23.8 Å². The number of rotatable bonds is 3. The van der Waals surface area contributed by atoms with E-state index in [1.165, 1.54) is 19.3 Å². The minimum absolute atomic E-state index is 0.0754. The van der Waals surface area contributed by atoms with Crippen LogP contribution in [0.5, 0.6) is 0 Å². The van der Waals surface area contributed by atoms with Gasteiger partial charge in [0.1, 0.15) is 0 Å². The fourth-order valence-electron chi connectivity index (χ4n) is 2.37. The van der Waals surface area contributed by atoms with Crippen LogP contribution in [0.4, 0.5) is 0 Å². The third-order valence-corrected chi connectivity index (χ3v) is 3.88. The van der Waals surface area contributed by atoms with E-state index >= 15 is 0 Å². The van der Waals surface area contributed by atoms with Gasteiger partial charge in [-0.05, 0) is 60.3 Å². The first-order chi connectivity index (χ1) is 8.16. The molecule has 1 N–H and O–H groups in total. The maximum Gasteiger partial charge on any atom is 0.264 e. The molecule has 1 atom stereocenters. The van der Waals surface area contributed by atoms with Crippen LogP contribution in [0, 0.1) is 6.92 Å². The molecule has 1 saturated heterocycles. The third-order valence-electron chi connectivity index (χ3n) is 3.31. The number of nitrogens with zero attached hydrogens (tertiary/aromatic N) is 1. The summed E-state index contributed by atoms with van der Waals surface area (Å²) in [6.45, 7) is 3.94. The molecule has 0 aromatic carbocycles. The zero-order valence-corrected chi connectivity index (χ0v) is 11.8. The minimum Gasteiger partial charge on any atom is -0.314 e. The van der Waals surface area contributed by atoms with Crippen molar-refractivity contribution in [2.45, 2.75) is 45.2 Å². The Hall–Kier alpha value is -0.610. The molecule has 4 heteroatoms. The normalized spacial score (nSPS) is 20.5. The molecule has 1 unspecified atom stereocenters. The van der Waals surface area contributed by atoms with Crippen LogP contribution in [0.15, 0.2) is 21.5 Å². The molecule has 94 valence electrons. The molecule has 1 aliphatic heterocycles. The molecule has 17 heavy (non-hydrogen) atoms. The molecule has 0 spiro atoms. The van der Waals surface area contributed by atoms with Crippen LogP contribution < -0.4 is 10.9 Å². The van der Waals surface area contributed by atoms with Crippen molar-refractivity contribution in [1.29, 1.82) is 0 Å². The van der Waals surface area contributed by atoms with Crippen LogP contribution in [-0.2, 0) is 6.54 Å². The fourth-order valence-corrected chi connectivity index (χ4v) is 2.96. The third kappa shape index (κ3) is 3.42. The highest BCUT2D eigenvalue weighted by atomic mass is 79.9. The quantitative estimate of drug-likeness (QED) is 0.930. The lowest BCUT2D eigenvalue weighted by Crippen LogP contribution is -2.35. The van der Waals surface area contributed by atoms with Gasteiger partial charge in [-0.1, -0.05) is 6.42 Å². The molecule has 0 amide bonds. The second kappa shape index (κ2) is 5.83. The monoisotopic (exact) mass is 298 g/mol. The fraction of sp³-hybridized carbons (Fsp3) is 0.615. The van der Waals surface area contributed by atoms with Crippen LogP contribution in [0.1, 0.15) is 31.2 Å². The summed E-state index contributed by atoms with van der Waals surface area (Å²) < 4.78 is 2.48. The highest BCUT2D eigenvalue weighted by Crippen LogP contribution is 2.11. The van der Waals surface area contributed by atoms with Gasteiger partial charge >= 0.3 is 0 Å². The maximum absolute atomic E-state index is 11.9. The summed E-state index contributed by atoms with van der Waals surface area (Å²) in [7, 11) is 0. The molecule has 1 aliphatic rings. The lowest BCUT2D eigenvalue weighted by molar-refractivity contribution is 0.365.